The number of carbonyl (C=O) groups excluding carboxylic acids is 1. The maximum atomic E-state index is 12.6. The Balaban J connectivity index is 1.12. The molecule has 0 radical (unpaired) electrons. The summed E-state index contributed by atoms with van der Waals surface area (Å²) in [6.07, 6.45) is 2.18. The quantitative estimate of drug-likeness (QED) is 0.192. The van der Waals surface area contributed by atoms with E-state index in [1.807, 2.05) is 72.8 Å². The summed E-state index contributed by atoms with van der Waals surface area (Å²) in [7, 11) is 0. The molecule has 2 amide bonds. The van der Waals surface area contributed by atoms with Crippen molar-refractivity contribution in [2.45, 2.75) is 12.8 Å². The third-order valence-electron chi connectivity index (χ3n) is 7.16. The van der Waals surface area contributed by atoms with Gasteiger partial charge in [-0.25, -0.2) is 14.8 Å². The number of rotatable bonds is 8. The first-order valence-corrected chi connectivity index (χ1v) is 14.6. The summed E-state index contributed by atoms with van der Waals surface area (Å²) in [5.74, 6) is -0.801. The number of morpholine rings is 1. The molecule has 3 N–H and O–H groups in total. The predicted molar refractivity (Wildman–Crippen MR) is 166 cm³/mol. The Kier molecular flexibility index (Phi) is 8.07. The highest BCUT2D eigenvalue weighted by molar-refractivity contribution is 7.18. The molecule has 9 nitrogen and oxygen atoms in total. The van der Waals surface area contributed by atoms with Gasteiger partial charge >= 0.3 is 12.0 Å². The smallest absolute Gasteiger partial charge is 0.323 e. The molecule has 3 aromatic carbocycles. The molecule has 212 valence electrons. The molecular formula is C32H29N5O4S. The number of carboxylic acids is 1. The lowest BCUT2D eigenvalue weighted by atomic mass is 10.0. The summed E-state index contributed by atoms with van der Waals surface area (Å²) < 4.78 is 6.39. The number of nitrogens with one attached hydrogen (secondary N) is 2. The van der Waals surface area contributed by atoms with Gasteiger partial charge in [-0.05, 0) is 53.9 Å². The fraction of sp³-hybridized carbons (Fsp3) is 0.188. The standard InChI is InChI=1S/C32H29N5O4S/c38-28(39)14-3-21-1-4-22(5-2-21)27-19-42-31-29(33-20-34-30(27)31)23-6-8-24(9-7-23)35-32(40)36-25-10-12-26(13-11-25)37-15-17-41-18-16-37/h1-2,4-13,19-20H,3,14-18H2,(H,38,39)(H2,35,36,40). The first-order valence-electron chi connectivity index (χ1n) is 13.7. The van der Waals surface area contributed by atoms with Crippen molar-refractivity contribution in [3.8, 4) is 22.4 Å². The molecule has 1 aliphatic rings. The van der Waals surface area contributed by atoms with Crippen molar-refractivity contribution in [2.24, 2.45) is 0 Å². The molecule has 0 unspecified atom stereocenters. The van der Waals surface area contributed by atoms with E-state index in [1.54, 1.807) is 17.7 Å². The largest absolute Gasteiger partial charge is 0.481 e. The maximum Gasteiger partial charge on any atom is 0.323 e. The summed E-state index contributed by atoms with van der Waals surface area (Å²) >= 11 is 1.58. The number of carboxylic acid groups (broad SMARTS) is 1. The van der Waals surface area contributed by atoms with Gasteiger partial charge < -0.3 is 25.4 Å². The van der Waals surface area contributed by atoms with Crippen molar-refractivity contribution in [3.63, 3.8) is 0 Å². The van der Waals surface area contributed by atoms with Gasteiger partial charge in [0.2, 0.25) is 0 Å². The number of ether oxygens (including phenoxy) is 1. The first-order chi connectivity index (χ1) is 20.5. The average molecular weight is 580 g/mol. The highest BCUT2D eigenvalue weighted by Crippen LogP contribution is 2.37. The SMILES string of the molecule is O=C(O)CCc1ccc(-c2csc3c(-c4ccc(NC(=O)Nc5ccc(N6CCOCC6)cc5)cc4)ncnc23)cc1. The number of urea groups is 1. The van der Waals surface area contributed by atoms with Crippen LogP contribution in [0.5, 0.6) is 0 Å². The zero-order chi connectivity index (χ0) is 28.9. The topological polar surface area (TPSA) is 117 Å². The van der Waals surface area contributed by atoms with E-state index in [9.17, 15) is 9.59 Å². The van der Waals surface area contributed by atoms with Gasteiger partial charge in [0, 0.05) is 53.1 Å². The van der Waals surface area contributed by atoms with Gasteiger partial charge in [-0.15, -0.1) is 11.3 Å². The van der Waals surface area contributed by atoms with Crippen LogP contribution < -0.4 is 15.5 Å². The molecular weight excluding hydrogens is 550 g/mol. The van der Waals surface area contributed by atoms with E-state index in [2.05, 4.69) is 30.9 Å². The Morgan fingerprint density at radius 1 is 0.857 bits per heavy atom. The molecule has 0 spiro atoms. The molecule has 2 aromatic heterocycles. The number of hydrogen-bond donors (Lipinski definition) is 3. The fourth-order valence-electron chi connectivity index (χ4n) is 4.95. The van der Waals surface area contributed by atoms with Gasteiger partial charge in [-0.3, -0.25) is 4.79 Å². The van der Waals surface area contributed by atoms with Crippen molar-refractivity contribution in [1.29, 1.82) is 0 Å². The van der Waals surface area contributed by atoms with Crippen LogP contribution >= 0.6 is 11.3 Å². The summed E-state index contributed by atoms with van der Waals surface area (Å²) in [4.78, 5) is 34.9. The lowest BCUT2D eigenvalue weighted by molar-refractivity contribution is -0.136. The number of aliphatic carboxylic acids is 1. The molecule has 5 aromatic rings. The van der Waals surface area contributed by atoms with Crippen LogP contribution in [-0.4, -0.2) is 53.4 Å². The van der Waals surface area contributed by atoms with Gasteiger partial charge in [-0.2, -0.15) is 0 Å². The number of nitrogens with zero attached hydrogens (tertiary/aromatic N) is 3. The predicted octanol–water partition coefficient (Wildman–Crippen LogP) is 6.52. The van der Waals surface area contributed by atoms with Crippen LogP contribution in [0, 0.1) is 0 Å². The van der Waals surface area contributed by atoms with Crippen molar-refractivity contribution in [3.05, 3.63) is 90.1 Å². The summed E-state index contributed by atoms with van der Waals surface area (Å²) in [6.45, 7) is 3.18. The number of thiophene rings is 1. The van der Waals surface area contributed by atoms with E-state index in [1.165, 1.54) is 0 Å². The monoisotopic (exact) mass is 579 g/mol. The highest BCUT2D eigenvalue weighted by atomic mass is 32.1. The summed E-state index contributed by atoms with van der Waals surface area (Å²) in [5.41, 5.74) is 8.12. The van der Waals surface area contributed by atoms with Gasteiger partial charge in [0.15, 0.2) is 0 Å². The Hall–Kier alpha value is -4.80. The van der Waals surface area contributed by atoms with Gasteiger partial charge in [0.25, 0.3) is 0 Å². The molecule has 3 heterocycles. The second-order valence-corrected chi connectivity index (χ2v) is 10.8. The molecule has 0 bridgehead atoms. The molecule has 0 aliphatic carbocycles. The number of benzene rings is 3. The number of amides is 2. The number of carbonyl (C=O) groups is 2. The van der Waals surface area contributed by atoms with Crippen molar-refractivity contribution < 1.29 is 19.4 Å². The zero-order valence-corrected chi connectivity index (χ0v) is 23.6. The minimum Gasteiger partial charge on any atom is -0.481 e. The normalized spacial score (nSPS) is 13.2. The Morgan fingerprint density at radius 2 is 1.50 bits per heavy atom. The number of aryl methyl sites for hydroxylation is 1. The van der Waals surface area contributed by atoms with Gasteiger partial charge in [-0.1, -0.05) is 36.4 Å². The summed E-state index contributed by atoms with van der Waals surface area (Å²) in [6, 6.07) is 23.0. The van der Waals surface area contributed by atoms with E-state index in [4.69, 9.17) is 9.84 Å². The zero-order valence-electron chi connectivity index (χ0n) is 22.7. The Labute approximate surface area is 246 Å². The van der Waals surface area contributed by atoms with Crippen LogP contribution in [0.3, 0.4) is 0 Å². The first kappa shape index (κ1) is 27.4. The fourth-order valence-corrected chi connectivity index (χ4v) is 5.99. The molecule has 0 saturated carbocycles. The van der Waals surface area contributed by atoms with Crippen LogP contribution in [-0.2, 0) is 16.0 Å². The Morgan fingerprint density at radius 3 is 2.17 bits per heavy atom. The third kappa shape index (κ3) is 6.24. The second kappa shape index (κ2) is 12.4. The van der Waals surface area contributed by atoms with Crippen LogP contribution in [0.15, 0.2) is 84.5 Å². The molecule has 1 fully saturated rings. The van der Waals surface area contributed by atoms with Crippen LogP contribution in [0.2, 0.25) is 0 Å². The van der Waals surface area contributed by atoms with E-state index in [-0.39, 0.29) is 12.5 Å². The number of aromatic nitrogens is 2. The number of fused-ring (bicyclic) bond motifs is 1. The number of anilines is 3. The van der Waals surface area contributed by atoms with Gasteiger partial charge in [0.1, 0.15) is 6.33 Å². The van der Waals surface area contributed by atoms with Gasteiger partial charge in [0.05, 0.1) is 29.1 Å². The van der Waals surface area contributed by atoms with E-state index >= 15 is 0 Å². The average Bonchev–Trinajstić information content (AvgIpc) is 3.46. The van der Waals surface area contributed by atoms with Crippen molar-refractivity contribution >= 4 is 50.6 Å². The maximum absolute atomic E-state index is 12.6. The molecule has 0 atom stereocenters. The summed E-state index contributed by atoms with van der Waals surface area (Å²) in [5, 5.41) is 16.8. The minimum absolute atomic E-state index is 0.111. The molecule has 10 heteroatoms. The molecule has 6 rings (SSSR count). The molecule has 1 saturated heterocycles. The Bertz CT molecular complexity index is 1700. The van der Waals surface area contributed by atoms with E-state index < -0.39 is 5.97 Å². The molecule has 42 heavy (non-hydrogen) atoms. The third-order valence-corrected chi connectivity index (χ3v) is 8.14. The van der Waals surface area contributed by atoms with Crippen LogP contribution in [0.1, 0.15) is 12.0 Å². The van der Waals surface area contributed by atoms with Crippen LogP contribution in [0.4, 0.5) is 21.9 Å². The van der Waals surface area contributed by atoms with E-state index in [0.29, 0.717) is 17.8 Å². The van der Waals surface area contributed by atoms with E-state index in [0.717, 1.165) is 70.2 Å². The number of hydrogen-bond acceptors (Lipinski definition) is 7. The minimum atomic E-state index is -0.801. The lowest BCUT2D eigenvalue weighted by Gasteiger charge is -2.28. The lowest BCUT2D eigenvalue weighted by Crippen LogP contribution is -2.36. The van der Waals surface area contributed by atoms with Crippen LogP contribution in [0.25, 0.3) is 32.6 Å². The van der Waals surface area contributed by atoms with Crippen molar-refractivity contribution in [2.75, 3.05) is 41.8 Å². The highest BCUT2D eigenvalue weighted by Gasteiger charge is 2.15. The molecule has 1 aliphatic heterocycles. The second-order valence-electron chi connectivity index (χ2n) is 9.94. The van der Waals surface area contributed by atoms with Crippen molar-refractivity contribution in [1.82, 2.24) is 9.97 Å².